The van der Waals surface area contributed by atoms with Crippen molar-refractivity contribution in [2.24, 2.45) is 0 Å². The lowest BCUT2D eigenvalue weighted by Crippen LogP contribution is -2.54. The monoisotopic (exact) mass is 286 g/mol. The van der Waals surface area contributed by atoms with E-state index >= 15 is 0 Å². The maximum atomic E-state index is 13.5. The Labute approximate surface area is 115 Å². The van der Waals surface area contributed by atoms with E-state index in [2.05, 4.69) is 10.6 Å². The maximum absolute atomic E-state index is 13.5. The number of piperidine rings is 1. The lowest BCUT2D eigenvalue weighted by Gasteiger charge is -2.34. The van der Waals surface area contributed by atoms with Gasteiger partial charge in [-0.25, -0.2) is 13.2 Å². The van der Waals surface area contributed by atoms with Gasteiger partial charge in [0.2, 0.25) is 0 Å². The first kappa shape index (κ1) is 14.8. The van der Waals surface area contributed by atoms with Crippen molar-refractivity contribution in [2.45, 2.75) is 44.8 Å². The topological polar surface area (TPSA) is 41.1 Å². The first-order valence-corrected chi connectivity index (χ1v) is 6.60. The predicted molar refractivity (Wildman–Crippen MR) is 68.9 cm³/mol. The van der Waals surface area contributed by atoms with Crippen molar-refractivity contribution in [3.8, 4) is 0 Å². The third kappa shape index (κ3) is 3.12. The van der Waals surface area contributed by atoms with Crippen LogP contribution in [0.4, 0.5) is 13.2 Å². The van der Waals surface area contributed by atoms with Crippen LogP contribution >= 0.6 is 0 Å². The number of nitrogens with one attached hydrogen (secondary N) is 2. The van der Waals surface area contributed by atoms with Gasteiger partial charge in [0.05, 0.1) is 0 Å². The average molecular weight is 286 g/mol. The van der Waals surface area contributed by atoms with E-state index in [0.29, 0.717) is 18.2 Å². The van der Waals surface area contributed by atoms with Crippen molar-refractivity contribution in [3.05, 3.63) is 35.1 Å². The Hall–Kier alpha value is -1.56. The lowest BCUT2D eigenvalue weighted by molar-refractivity contribution is 0.0905. The molecule has 3 atom stereocenters. The summed E-state index contributed by atoms with van der Waals surface area (Å²) in [7, 11) is 0. The van der Waals surface area contributed by atoms with E-state index in [0.717, 1.165) is 12.8 Å². The van der Waals surface area contributed by atoms with Crippen LogP contribution in [0.15, 0.2) is 12.1 Å². The molecule has 2 rings (SSSR count). The highest BCUT2D eigenvalue weighted by Crippen LogP contribution is 2.17. The molecule has 0 radical (unpaired) electrons. The van der Waals surface area contributed by atoms with Crippen molar-refractivity contribution < 1.29 is 18.0 Å². The molecule has 1 aromatic rings. The standard InChI is InChI=1S/C14H17F3N2O/c1-7-3-4-12(8(2)18-7)19-14(20)13-10(16)5-9(15)6-11(13)17/h5-8,12,18H,3-4H2,1-2H3,(H,19,20). The number of carbonyl (C=O) groups excluding carboxylic acids is 1. The summed E-state index contributed by atoms with van der Waals surface area (Å²) in [6.45, 7) is 3.94. The fourth-order valence-electron chi connectivity index (χ4n) is 2.52. The molecular formula is C14H17F3N2O. The predicted octanol–water partition coefficient (Wildman–Crippen LogP) is 2.36. The smallest absolute Gasteiger partial charge is 0.257 e. The van der Waals surface area contributed by atoms with Gasteiger partial charge in [-0.15, -0.1) is 0 Å². The molecule has 20 heavy (non-hydrogen) atoms. The van der Waals surface area contributed by atoms with Crippen molar-refractivity contribution >= 4 is 5.91 Å². The van der Waals surface area contributed by atoms with Gasteiger partial charge in [-0.3, -0.25) is 4.79 Å². The van der Waals surface area contributed by atoms with Gasteiger partial charge in [0.15, 0.2) is 0 Å². The molecule has 0 aromatic heterocycles. The van der Waals surface area contributed by atoms with Gasteiger partial charge in [-0.2, -0.15) is 0 Å². The largest absolute Gasteiger partial charge is 0.348 e. The molecule has 1 heterocycles. The molecule has 6 heteroatoms. The van der Waals surface area contributed by atoms with Crippen LogP contribution in [0.5, 0.6) is 0 Å². The third-order valence-corrected chi connectivity index (χ3v) is 3.61. The molecule has 3 unspecified atom stereocenters. The molecule has 0 aliphatic carbocycles. The van der Waals surface area contributed by atoms with Crippen LogP contribution < -0.4 is 10.6 Å². The number of rotatable bonds is 2. The van der Waals surface area contributed by atoms with Crippen molar-refractivity contribution in [1.82, 2.24) is 10.6 Å². The van der Waals surface area contributed by atoms with Crippen molar-refractivity contribution in [1.29, 1.82) is 0 Å². The summed E-state index contributed by atoms with van der Waals surface area (Å²) >= 11 is 0. The zero-order valence-electron chi connectivity index (χ0n) is 11.3. The fourth-order valence-corrected chi connectivity index (χ4v) is 2.52. The molecular weight excluding hydrogens is 269 g/mol. The molecule has 0 saturated carbocycles. The molecule has 110 valence electrons. The second kappa shape index (κ2) is 5.83. The molecule has 1 saturated heterocycles. The minimum Gasteiger partial charge on any atom is -0.348 e. The minimum absolute atomic E-state index is 0.00858. The van der Waals surface area contributed by atoms with Crippen LogP contribution in [0.2, 0.25) is 0 Å². The fraction of sp³-hybridized carbons (Fsp3) is 0.500. The molecule has 1 aliphatic heterocycles. The highest BCUT2D eigenvalue weighted by Gasteiger charge is 2.28. The summed E-state index contributed by atoms with van der Waals surface area (Å²) < 4.78 is 39.9. The molecule has 2 N–H and O–H groups in total. The number of halogens is 3. The van der Waals surface area contributed by atoms with E-state index in [1.165, 1.54) is 0 Å². The lowest BCUT2D eigenvalue weighted by atomic mass is 9.95. The van der Waals surface area contributed by atoms with Gasteiger partial charge >= 0.3 is 0 Å². The summed E-state index contributed by atoms with van der Waals surface area (Å²) in [6, 6.07) is 1.15. The van der Waals surface area contributed by atoms with Gasteiger partial charge < -0.3 is 10.6 Å². The Balaban J connectivity index is 2.13. The summed E-state index contributed by atoms with van der Waals surface area (Å²) in [5, 5.41) is 5.86. The second-order valence-electron chi connectivity index (χ2n) is 5.26. The Morgan fingerprint density at radius 1 is 1.20 bits per heavy atom. The van der Waals surface area contributed by atoms with Crippen LogP contribution in [0.1, 0.15) is 37.0 Å². The van der Waals surface area contributed by atoms with E-state index in [1.54, 1.807) is 0 Å². The second-order valence-corrected chi connectivity index (χ2v) is 5.26. The van der Waals surface area contributed by atoms with Crippen molar-refractivity contribution in [3.63, 3.8) is 0 Å². The Kier molecular flexibility index (Phi) is 4.32. The van der Waals surface area contributed by atoms with Gasteiger partial charge in [0.1, 0.15) is 23.0 Å². The minimum atomic E-state index is -1.19. The van der Waals surface area contributed by atoms with E-state index in [4.69, 9.17) is 0 Å². The van der Waals surface area contributed by atoms with Gasteiger partial charge in [0.25, 0.3) is 5.91 Å². The number of benzene rings is 1. The van der Waals surface area contributed by atoms with E-state index < -0.39 is 28.9 Å². The number of hydrogen-bond donors (Lipinski definition) is 2. The van der Waals surface area contributed by atoms with E-state index in [1.807, 2.05) is 13.8 Å². The SMILES string of the molecule is CC1CCC(NC(=O)c2c(F)cc(F)cc2F)C(C)N1. The maximum Gasteiger partial charge on any atom is 0.257 e. The van der Waals surface area contributed by atoms with E-state index in [-0.39, 0.29) is 12.1 Å². The Morgan fingerprint density at radius 2 is 1.80 bits per heavy atom. The Morgan fingerprint density at radius 3 is 2.35 bits per heavy atom. The molecule has 0 bridgehead atoms. The van der Waals surface area contributed by atoms with Crippen LogP contribution in [0.25, 0.3) is 0 Å². The van der Waals surface area contributed by atoms with Crippen LogP contribution in [-0.4, -0.2) is 24.0 Å². The van der Waals surface area contributed by atoms with Crippen LogP contribution in [0.3, 0.4) is 0 Å². The van der Waals surface area contributed by atoms with Gasteiger partial charge in [-0.05, 0) is 26.7 Å². The first-order chi connectivity index (χ1) is 9.38. The average Bonchev–Trinajstić information content (AvgIpc) is 2.31. The summed E-state index contributed by atoms with van der Waals surface area (Å²) in [5.74, 6) is -4.28. The number of carbonyl (C=O) groups is 1. The Bertz CT molecular complexity index is 498. The first-order valence-electron chi connectivity index (χ1n) is 6.60. The molecule has 0 spiro atoms. The van der Waals surface area contributed by atoms with Crippen molar-refractivity contribution in [2.75, 3.05) is 0 Å². The third-order valence-electron chi connectivity index (χ3n) is 3.61. The summed E-state index contributed by atoms with van der Waals surface area (Å²) in [5.41, 5.74) is -0.739. The highest BCUT2D eigenvalue weighted by molar-refractivity contribution is 5.95. The summed E-state index contributed by atoms with van der Waals surface area (Å²) in [6.07, 6.45) is 1.59. The zero-order valence-corrected chi connectivity index (χ0v) is 11.3. The number of amides is 1. The quantitative estimate of drug-likeness (QED) is 0.876. The molecule has 1 amide bonds. The van der Waals surface area contributed by atoms with Gasteiger partial charge in [-0.1, -0.05) is 0 Å². The number of hydrogen-bond acceptors (Lipinski definition) is 2. The van der Waals surface area contributed by atoms with E-state index in [9.17, 15) is 18.0 Å². The highest BCUT2D eigenvalue weighted by atomic mass is 19.1. The molecule has 3 nitrogen and oxygen atoms in total. The van der Waals surface area contributed by atoms with Gasteiger partial charge in [0, 0.05) is 30.3 Å². The summed E-state index contributed by atoms with van der Waals surface area (Å²) in [4.78, 5) is 12.0. The van der Waals surface area contributed by atoms with Crippen LogP contribution in [-0.2, 0) is 0 Å². The molecule has 1 fully saturated rings. The zero-order chi connectivity index (χ0) is 14.9. The molecule has 1 aromatic carbocycles. The molecule has 1 aliphatic rings. The normalized spacial score (nSPS) is 26.4. The van der Waals surface area contributed by atoms with Crippen LogP contribution in [0, 0.1) is 17.5 Å².